The monoisotopic (exact) mass is 255 g/mol. The van der Waals surface area contributed by atoms with Crippen molar-refractivity contribution in [1.29, 1.82) is 5.26 Å². The Morgan fingerprint density at radius 3 is 2.76 bits per heavy atom. The predicted octanol–water partition coefficient (Wildman–Crippen LogP) is 2.72. The molecular formula is C12H11ClFNO2. The molecule has 0 amide bonds. The van der Waals surface area contributed by atoms with Crippen LogP contribution >= 0.6 is 11.6 Å². The van der Waals surface area contributed by atoms with Crippen LogP contribution < -0.4 is 0 Å². The van der Waals surface area contributed by atoms with Crippen molar-refractivity contribution >= 4 is 17.6 Å². The summed E-state index contributed by atoms with van der Waals surface area (Å²) >= 11 is 5.84. The SMILES string of the molecule is COC(=O)[C@@](C)(C#N)Cc1c(F)cccc1Cl. The summed E-state index contributed by atoms with van der Waals surface area (Å²) in [5, 5.41) is 9.20. The molecule has 0 spiro atoms. The third kappa shape index (κ3) is 2.75. The van der Waals surface area contributed by atoms with Crippen LogP contribution in [0.1, 0.15) is 12.5 Å². The van der Waals surface area contributed by atoms with Crippen molar-refractivity contribution in [3.05, 3.63) is 34.6 Å². The lowest BCUT2D eigenvalue weighted by atomic mass is 9.85. The smallest absolute Gasteiger partial charge is 0.326 e. The van der Waals surface area contributed by atoms with Gasteiger partial charge in [0.05, 0.1) is 13.2 Å². The standard InChI is InChI=1S/C12H11ClFNO2/c1-12(7-15,11(16)17-2)6-8-9(13)4-3-5-10(8)14/h3-5H,6H2,1-2H3/t12-/m1/s1. The number of methoxy groups -OCH3 is 1. The average molecular weight is 256 g/mol. The number of ether oxygens (including phenoxy) is 1. The largest absolute Gasteiger partial charge is 0.468 e. The van der Waals surface area contributed by atoms with Gasteiger partial charge in [-0.3, -0.25) is 4.79 Å². The lowest BCUT2D eigenvalue weighted by Gasteiger charge is -2.19. The van der Waals surface area contributed by atoms with Gasteiger partial charge in [-0.05, 0) is 19.1 Å². The Hall–Kier alpha value is -1.60. The second-order valence-electron chi connectivity index (χ2n) is 3.81. The molecular weight excluding hydrogens is 245 g/mol. The van der Waals surface area contributed by atoms with E-state index in [-0.39, 0.29) is 17.0 Å². The first-order valence-corrected chi connectivity index (χ1v) is 5.25. The lowest BCUT2D eigenvalue weighted by Crippen LogP contribution is -2.30. The van der Waals surface area contributed by atoms with Crippen LogP contribution in [0.3, 0.4) is 0 Å². The molecule has 0 saturated heterocycles. The molecule has 1 aromatic rings. The van der Waals surface area contributed by atoms with Crippen LogP contribution in [0.2, 0.25) is 5.02 Å². The first-order valence-electron chi connectivity index (χ1n) is 4.87. The van der Waals surface area contributed by atoms with E-state index >= 15 is 0 Å². The number of carbonyl (C=O) groups is 1. The highest BCUT2D eigenvalue weighted by Crippen LogP contribution is 2.29. The molecule has 0 N–H and O–H groups in total. The summed E-state index contributed by atoms with van der Waals surface area (Å²) in [5.41, 5.74) is -1.30. The van der Waals surface area contributed by atoms with E-state index in [0.29, 0.717) is 0 Å². The minimum atomic E-state index is -1.44. The van der Waals surface area contributed by atoms with E-state index in [2.05, 4.69) is 4.74 Å². The van der Waals surface area contributed by atoms with Crippen LogP contribution in [0.15, 0.2) is 18.2 Å². The molecule has 0 aliphatic heterocycles. The molecule has 0 fully saturated rings. The fourth-order valence-corrected chi connectivity index (χ4v) is 1.67. The van der Waals surface area contributed by atoms with Crippen LogP contribution in [-0.2, 0) is 16.0 Å². The summed E-state index contributed by atoms with van der Waals surface area (Å²) in [6.07, 6.45) is -0.123. The van der Waals surface area contributed by atoms with Gasteiger partial charge in [-0.1, -0.05) is 17.7 Å². The summed E-state index contributed by atoms with van der Waals surface area (Å²) in [4.78, 5) is 11.5. The zero-order chi connectivity index (χ0) is 13.1. The van der Waals surface area contributed by atoms with Crippen molar-refractivity contribution in [2.45, 2.75) is 13.3 Å². The van der Waals surface area contributed by atoms with E-state index in [9.17, 15) is 9.18 Å². The quantitative estimate of drug-likeness (QED) is 0.781. The molecule has 5 heteroatoms. The van der Waals surface area contributed by atoms with Crippen molar-refractivity contribution in [1.82, 2.24) is 0 Å². The van der Waals surface area contributed by atoms with Gasteiger partial charge >= 0.3 is 5.97 Å². The maximum absolute atomic E-state index is 13.5. The summed E-state index contributed by atoms with van der Waals surface area (Å²) in [6, 6.07) is 6.03. The van der Waals surface area contributed by atoms with E-state index < -0.39 is 17.2 Å². The van der Waals surface area contributed by atoms with Gasteiger partial charge in [0.25, 0.3) is 0 Å². The highest BCUT2D eigenvalue weighted by Gasteiger charge is 2.36. The summed E-state index contributed by atoms with van der Waals surface area (Å²) in [5.74, 6) is -1.25. The Kier molecular flexibility index (Phi) is 4.08. The second-order valence-corrected chi connectivity index (χ2v) is 4.22. The summed E-state index contributed by atoms with van der Waals surface area (Å²) in [6.45, 7) is 1.39. The maximum atomic E-state index is 13.5. The number of rotatable bonds is 3. The van der Waals surface area contributed by atoms with Gasteiger partial charge in [0.2, 0.25) is 0 Å². The zero-order valence-electron chi connectivity index (χ0n) is 9.46. The number of hydrogen-bond donors (Lipinski definition) is 0. The fraction of sp³-hybridized carbons (Fsp3) is 0.333. The van der Waals surface area contributed by atoms with E-state index in [1.165, 1.54) is 32.2 Å². The number of benzene rings is 1. The molecule has 0 bridgehead atoms. The van der Waals surface area contributed by atoms with Crippen molar-refractivity contribution in [2.75, 3.05) is 7.11 Å². The summed E-state index contributed by atoms with van der Waals surface area (Å²) < 4.78 is 18.1. The Morgan fingerprint density at radius 2 is 2.29 bits per heavy atom. The number of carbonyl (C=O) groups excluding carboxylic acids is 1. The topological polar surface area (TPSA) is 50.1 Å². The molecule has 0 radical (unpaired) electrons. The molecule has 0 saturated carbocycles. The fourth-order valence-electron chi connectivity index (χ4n) is 1.44. The van der Waals surface area contributed by atoms with Crippen LogP contribution in [0.4, 0.5) is 4.39 Å². The van der Waals surface area contributed by atoms with E-state index in [1.54, 1.807) is 0 Å². The molecule has 1 aromatic carbocycles. The average Bonchev–Trinajstić information content (AvgIpc) is 2.32. The van der Waals surface area contributed by atoms with E-state index in [4.69, 9.17) is 16.9 Å². The van der Waals surface area contributed by atoms with Crippen LogP contribution in [-0.4, -0.2) is 13.1 Å². The highest BCUT2D eigenvalue weighted by molar-refractivity contribution is 6.31. The highest BCUT2D eigenvalue weighted by atomic mass is 35.5. The van der Waals surface area contributed by atoms with Crippen molar-refractivity contribution in [2.24, 2.45) is 5.41 Å². The first kappa shape index (κ1) is 13.5. The molecule has 0 aliphatic carbocycles. The molecule has 0 unspecified atom stereocenters. The third-order valence-electron chi connectivity index (χ3n) is 2.47. The minimum Gasteiger partial charge on any atom is -0.468 e. The molecule has 0 heterocycles. The zero-order valence-corrected chi connectivity index (χ0v) is 10.2. The molecule has 1 rings (SSSR count). The minimum absolute atomic E-state index is 0.123. The molecule has 0 aliphatic rings. The number of esters is 1. The van der Waals surface area contributed by atoms with Gasteiger partial charge in [-0.2, -0.15) is 5.26 Å². The first-order chi connectivity index (χ1) is 7.94. The van der Waals surface area contributed by atoms with Crippen molar-refractivity contribution in [3.63, 3.8) is 0 Å². The van der Waals surface area contributed by atoms with Gasteiger partial charge in [0.15, 0.2) is 5.41 Å². The molecule has 0 aromatic heterocycles. The van der Waals surface area contributed by atoms with Gasteiger partial charge in [-0.15, -0.1) is 0 Å². The van der Waals surface area contributed by atoms with Crippen molar-refractivity contribution < 1.29 is 13.9 Å². The van der Waals surface area contributed by atoms with Gasteiger partial charge in [-0.25, -0.2) is 4.39 Å². The number of nitrogens with zero attached hydrogens (tertiary/aromatic N) is 1. The van der Waals surface area contributed by atoms with Gasteiger partial charge in [0, 0.05) is 17.0 Å². The van der Waals surface area contributed by atoms with Gasteiger partial charge < -0.3 is 4.74 Å². The lowest BCUT2D eigenvalue weighted by molar-refractivity contribution is -0.148. The Labute approximate surface area is 104 Å². The Balaban J connectivity index is 3.13. The Morgan fingerprint density at radius 1 is 1.65 bits per heavy atom. The van der Waals surface area contributed by atoms with Crippen LogP contribution in [0, 0.1) is 22.6 Å². The third-order valence-corrected chi connectivity index (χ3v) is 2.83. The predicted molar refractivity (Wildman–Crippen MR) is 60.9 cm³/mol. The number of nitriles is 1. The van der Waals surface area contributed by atoms with Gasteiger partial charge in [0.1, 0.15) is 5.82 Å². The number of hydrogen-bond acceptors (Lipinski definition) is 3. The molecule has 1 atom stereocenters. The van der Waals surface area contributed by atoms with Crippen LogP contribution in [0.25, 0.3) is 0 Å². The van der Waals surface area contributed by atoms with E-state index in [0.717, 1.165) is 0 Å². The second kappa shape index (κ2) is 5.15. The summed E-state index contributed by atoms with van der Waals surface area (Å²) in [7, 11) is 1.18. The maximum Gasteiger partial charge on any atom is 0.326 e. The molecule has 3 nitrogen and oxygen atoms in total. The van der Waals surface area contributed by atoms with E-state index in [1.807, 2.05) is 6.07 Å². The Bertz CT molecular complexity index is 464. The van der Waals surface area contributed by atoms with Crippen LogP contribution in [0.5, 0.6) is 0 Å². The normalized spacial score (nSPS) is 13.6. The van der Waals surface area contributed by atoms with Crippen molar-refractivity contribution in [3.8, 4) is 6.07 Å². The number of halogens is 2. The molecule has 90 valence electrons. The molecule has 17 heavy (non-hydrogen) atoms.